The van der Waals surface area contributed by atoms with Gasteiger partial charge in [0.05, 0.1) is 27.7 Å². The molecule has 0 bridgehead atoms. The standard InChI is InChI=1S/C26H26Cl2F3N5O2/c1-25(17-5-3-6-18(17)25)35(2)23(26(29,30)31)16(9-32)24(38)36(12-15-10-33-14-34-11-15)13-21(37)22-19(27)7-4-8-20(22)28/h4,7-11,14,17-18,32H,3,5-6,12-13H2,1-2H3/b23-16+,32-9?/t17-,18?,25?/m1/s1. The number of nitrogens with one attached hydrogen (secondary N) is 1. The van der Waals surface area contributed by atoms with Crippen LogP contribution in [0.5, 0.6) is 0 Å². The van der Waals surface area contributed by atoms with Crippen molar-refractivity contribution in [1.29, 1.82) is 5.41 Å². The maximum Gasteiger partial charge on any atom is 0.431 e. The molecule has 38 heavy (non-hydrogen) atoms. The van der Waals surface area contributed by atoms with Crippen LogP contribution in [0.2, 0.25) is 10.0 Å². The topological polar surface area (TPSA) is 90.2 Å². The Morgan fingerprint density at radius 2 is 1.74 bits per heavy atom. The van der Waals surface area contributed by atoms with Gasteiger partial charge >= 0.3 is 6.18 Å². The second kappa shape index (κ2) is 10.6. The maximum absolute atomic E-state index is 14.5. The summed E-state index contributed by atoms with van der Waals surface area (Å²) in [4.78, 5) is 36.7. The zero-order valence-electron chi connectivity index (χ0n) is 20.7. The fraction of sp³-hybridized carbons (Fsp3) is 0.423. The molecule has 1 aromatic carbocycles. The molecule has 12 heteroatoms. The molecule has 2 fully saturated rings. The molecule has 1 N–H and O–H groups in total. The largest absolute Gasteiger partial charge is 0.431 e. The van der Waals surface area contributed by atoms with Gasteiger partial charge in [-0.1, -0.05) is 35.7 Å². The monoisotopic (exact) mass is 567 g/mol. The van der Waals surface area contributed by atoms with E-state index in [0.717, 1.165) is 29.1 Å². The van der Waals surface area contributed by atoms with Crippen LogP contribution in [0.15, 0.2) is 48.2 Å². The first kappa shape index (κ1) is 28.0. The molecule has 2 saturated carbocycles. The smallest absolute Gasteiger partial charge is 0.364 e. The number of Topliss-reactive ketones (excluding diaryl/α,β-unsaturated/α-hetero) is 1. The van der Waals surface area contributed by atoms with Gasteiger partial charge in [0.1, 0.15) is 12.0 Å². The van der Waals surface area contributed by atoms with Crippen LogP contribution in [0, 0.1) is 17.2 Å². The van der Waals surface area contributed by atoms with Gasteiger partial charge in [-0.2, -0.15) is 13.2 Å². The predicted molar refractivity (Wildman–Crippen MR) is 137 cm³/mol. The average molecular weight is 568 g/mol. The van der Waals surface area contributed by atoms with Crippen molar-refractivity contribution >= 4 is 41.1 Å². The molecule has 4 rings (SSSR count). The van der Waals surface area contributed by atoms with Crippen LogP contribution in [0.25, 0.3) is 0 Å². The fourth-order valence-corrected chi connectivity index (χ4v) is 6.35. The molecular weight excluding hydrogens is 542 g/mol. The minimum Gasteiger partial charge on any atom is -0.364 e. The van der Waals surface area contributed by atoms with Crippen LogP contribution in [-0.4, -0.2) is 63.0 Å². The van der Waals surface area contributed by atoms with Gasteiger partial charge in [-0.3, -0.25) is 9.59 Å². The minimum absolute atomic E-state index is 0.0460. The zero-order chi connectivity index (χ0) is 27.8. The van der Waals surface area contributed by atoms with E-state index in [4.69, 9.17) is 28.6 Å². The van der Waals surface area contributed by atoms with Crippen molar-refractivity contribution in [3.63, 3.8) is 0 Å². The SMILES string of the molecule is CN(/C(=C(\C=N)C(=O)N(CC(=O)c1c(Cl)cccc1Cl)Cc1cncnc1)C(F)(F)F)C1(C)C2CCC[C@H]21. The predicted octanol–water partition coefficient (Wildman–Crippen LogP) is 5.58. The molecule has 3 atom stereocenters. The Labute approximate surface area is 228 Å². The molecule has 7 nitrogen and oxygen atoms in total. The minimum atomic E-state index is -4.92. The molecule has 0 radical (unpaired) electrons. The normalized spacial score (nSPS) is 22.8. The van der Waals surface area contributed by atoms with Crippen LogP contribution >= 0.6 is 23.2 Å². The molecule has 0 spiro atoms. The van der Waals surface area contributed by atoms with E-state index in [-0.39, 0.29) is 34.0 Å². The number of hydrogen-bond acceptors (Lipinski definition) is 6. The molecule has 1 amide bonds. The summed E-state index contributed by atoms with van der Waals surface area (Å²) in [6.45, 7) is 0.857. The first-order valence-corrected chi connectivity index (χ1v) is 12.7. The fourth-order valence-electron chi connectivity index (χ4n) is 5.74. The Bertz CT molecular complexity index is 1260. The van der Waals surface area contributed by atoms with Crippen LogP contribution < -0.4 is 0 Å². The molecule has 1 aromatic heterocycles. The number of nitrogens with zero attached hydrogens (tertiary/aromatic N) is 4. The number of carbonyl (C=O) groups excluding carboxylic acids is 2. The van der Waals surface area contributed by atoms with Crippen molar-refractivity contribution in [1.82, 2.24) is 19.8 Å². The van der Waals surface area contributed by atoms with Gasteiger partial charge in [-0.25, -0.2) is 9.97 Å². The van der Waals surface area contributed by atoms with Crippen molar-refractivity contribution < 1.29 is 22.8 Å². The van der Waals surface area contributed by atoms with Crippen LogP contribution in [0.3, 0.4) is 0 Å². The highest BCUT2D eigenvalue weighted by atomic mass is 35.5. The van der Waals surface area contributed by atoms with E-state index < -0.39 is 41.2 Å². The third-order valence-corrected chi connectivity index (χ3v) is 8.35. The summed E-state index contributed by atoms with van der Waals surface area (Å²) in [7, 11) is 1.32. The highest BCUT2D eigenvalue weighted by Gasteiger charge is 2.67. The molecule has 0 saturated heterocycles. The number of rotatable bonds is 9. The number of halogens is 5. The maximum atomic E-state index is 14.5. The Balaban J connectivity index is 1.75. The van der Waals surface area contributed by atoms with Crippen LogP contribution in [0.1, 0.15) is 42.1 Å². The van der Waals surface area contributed by atoms with Crippen LogP contribution in [0.4, 0.5) is 13.2 Å². The van der Waals surface area contributed by atoms with Crippen LogP contribution in [-0.2, 0) is 11.3 Å². The third kappa shape index (κ3) is 5.16. The van der Waals surface area contributed by atoms with Crippen molar-refractivity contribution in [3.8, 4) is 0 Å². The summed E-state index contributed by atoms with van der Waals surface area (Å²) in [5.74, 6) is -1.61. The van der Waals surface area contributed by atoms with E-state index in [2.05, 4.69) is 9.97 Å². The second-order valence-electron chi connectivity index (χ2n) is 9.76. The Kier molecular flexibility index (Phi) is 7.86. The zero-order valence-corrected chi connectivity index (χ0v) is 22.2. The van der Waals surface area contributed by atoms with Gasteiger partial charge in [0.25, 0.3) is 5.91 Å². The Morgan fingerprint density at radius 1 is 1.16 bits per heavy atom. The quantitative estimate of drug-likeness (QED) is 0.242. The third-order valence-electron chi connectivity index (χ3n) is 7.72. The first-order valence-electron chi connectivity index (χ1n) is 12.0. The van der Waals surface area contributed by atoms with Gasteiger partial charge in [-0.15, -0.1) is 0 Å². The molecule has 2 aliphatic rings. The number of carbonyl (C=O) groups is 2. The van der Waals surface area contributed by atoms with E-state index >= 15 is 0 Å². The lowest BCUT2D eigenvalue weighted by Crippen LogP contribution is -2.44. The molecule has 2 unspecified atom stereocenters. The summed E-state index contributed by atoms with van der Waals surface area (Å²) in [5, 5.41) is 7.95. The summed E-state index contributed by atoms with van der Waals surface area (Å²) < 4.78 is 43.6. The van der Waals surface area contributed by atoms with Gasteiger partial charge in [-0.05, 0) is 43.7 Å². The van der Waals surface area contributed by atoms with Crippen molar-refractivity contribution in [2.75, 3.05) is 13.6 Å². The van der Waals surface area contributed by atoms with Crippen molar-refractivity contribution in [3.05, 3.63) is 69.4 Å². The van der Waals surface area contributed by atoms with E-state index in [0.29, 0.717) is 11.8 Å². The lowest BCUT2D eigenvalue weighted by Gasteiger charge is -2.35. The van der Waals surface area contributed by atoms with E-state index in [9.17, 15) is 22.8 Å². The molecule has 202 valence electrons. The van der Waals surface area contributed by atoms with Crippen molar-refractivity contribution in [2.24, 2.45) is 11.8 Å². The van der Waals surface area contributed by atoms with Gasteiger partial charge in [0.2, 0.25) is 0 Å². The number of hydrogen-bond donors (Lipinski definition) is 1. The second-order valence-corrected chi connectivity index (χ2v) is 10.6. The van der Waals surface area contributed by atoms with E-state index in [1.165, 1.54) is 37.9 Å². The summed E-state index contributed by atoms with van der Waals surface area (Å²) in [5.41, 5.74) is -2.50. The summed E-state index contributed by atoms with van der Waals surface area (Å²) in [6, 6.07) is 4.44. The summed E-state index contributed by atoms with van der Waals surface area (Å²) >= 11 is 12.3. The van der Waals surface area contributed by atoms with Gasteiger partial charge < -0.3 is 15.2 Å². The number of allylic oxidation sites excluding steroid dienone is 1. The van der Waals surface area contributed by atoms with Gasteiger partial charge in [0, 0.05) is 43.3 Å². The number of benzene rings is 1. The lowest BCUT2D eigenvalue weighted by atomic mass is 10.0. The molecule has 1 heterocycles. The molecular formula is C26H26Cl2F3N5O2. The number of alkyl halides is 3. The number of aromatic nitrogens is 2. The first-order chi connectivity index (χ1) is 17.9. The average Bonchev–Trinajstić information content (AvgIpc) is 3.17. The van der Waals surface area contributed by atoms with E-state index in [1.807, 2.05) is 0 Å². The number of fused-ring (bicyclic) bond motifs is 1. The lowest BCUT2D eigenvalue weighted by molar-refractivity contribution is -0.131. The number of amides is 1. The molecule has 2 aromatic rings. The Hall–Kier alpha value is -2.98. The summed E-state index contributed by atoms with van der Waals surface area (Å²) in [6.07, 6.45) is 2.11. The van der Waals surface area contributed by atoms with Crippen molar-refractivity contribution in [2.45, 2.75) is 44.4 Å². The molecule has 2 aliphatic carbocycles. The highest BCUT2D eigenvalue weighted by molar-refractivity contribution is 6.40. The van der Waals surface area contributed by atoms with E-state index in [1.54, 1.807) is 13.0 Å². The number of ketones is 1. The molecule has 0 aliphatic heterocycles. The highest BCUT2D eigenvalue weighted by Crippen LogP contribution is 2.64. The Morgan fingerprint density at radius 3 is 2.26 bits per heavy atom. The van der Waals surface area contributed by atoms with Gasteiger partial charge in [0.15, 0.2) is 5.78 Å².